The van der Waals surface area contributed by atoms with Crippen LogP contribution in [0, 0.1) is 0 Å². The summed E-state index contributed by atoms with van der Waals surface area (Å²) in [5, 5.41) is 0. The third-order valence-corrected chi connectivity index (χ3v) is 0.853. The number of nitrogens with zero attached hydrogens (tertiary/aromatic N) is 1. The van der Waals surface area contributed by atoms with E-state index in [1.165, 1.54) is 0 Å². The van der Waals surface area contributed by atoms with Gasteiger partial charge in [-0.25, -0.2) is 0 Å². The Kier molecular flexibility index (Phi) is 7.32. The zero-order chi connectivity index (χ0) is 6.95. The van der Waals surface area contributed by atoms with Crippen LogP contribution in [0.5, 0.6) is 0 Å². The molecule has 0 unspecified atom stereocenters. The molecule has 0 aromatic rings. The normalized spacial score (nSPS) is 10.9. The van der Waals surface area contributed by atoms with Crippen molar-refractivity contribution in [3.63, 3.8) is 0 Å². The first-order valence-electron chi connectivity index (χ1n) is 3.47. The lowest BCUT2D eigenvalue weighted by atomic mass is 10.5. The van der Waals surface area contributed by atoms with Crippen molar-refractivity contribution < 1.29 is 4.74 Å². The molecular formula is C7H15NO. The van der Waals surface area contributed by atoms with Gasteiger partial charge in [0.25, 0.3) is 0 Å². The van der Waals surface area contributed by atoms with Crippen molar-refractivity contribution in [3.05, 3.63) is 0 Å². The zero-order valence-electron chi connectivity index (χ0n) is 6.26. The lowest BCUT2D eigenvalue weighted by Gasteiger charge is -1.93. The van der Waals surface area contributed by atoms with Gasteiger partial charge in [-0.3, -0.25) is 4.99 Å². The van der Waals surface area contributed by atoms with Gasteiger partial charge < -0.3 is 4.74 Å². The number of hydrogen-bond donors (Lipinski definition) is 0. The fourth-order valence-electron chi connectivity index (χ4n) is 0.462. The van der Waals surface area contributed by atoms with Crippen LogP contribution in [0.1, 0.15) is 20.3 Å². The Morgan fingerprint density at radius 3 is 2.78 bits per heavy atom. The Labute approximate surface area is 56.9 Å². The average Bonchev–Trinajstić information content (AvgIpc) is 1.89. The molecule has 0 heterocycles. The van der Waals surface area contributed by atoms with E-state index in [2.05, 4.69) is 11.9 Å². The van der Waals surface area contributed by atoms with Gasteiger partial charge in [0.1, 0.15) is 0 Å². The zero-order valence-corrected chi connectivity index (χ0v) is 6.26. The molecule has 0 aromatic carbocycles. The van der Waals surface area contributed by atoms with Gasteiger partial charge in [0.15, 0.2) is 0 Å². The molecule has 54 valence electrons. The third-order valence-electron chi connectivity index (χ3n) is 0.853. The molecule has 2 heteroatoms. The van der Waals surface area contributed by atoms with Gasteiger partial charge >= 0.3 is 0 Å². The highest BCUT2D eigenvalue weighted by molar-refractivity contribution is 5.58. The number of rotatable bonds is 5. The van der Waals surface area contributed by atoms with Crippen LogP contribution in [0.2, 0.25) is 0 Å². The Balaban J connectivity index is 2.82. The molecular weight excluding hydrogens is 114 g/mol. The summed E-state index contributed by atoms with van der Waals surface area (Å²) in [6.07, 6.45) is 2.90. The van der Waals surface area contributed by atoms with E-state index in [-0.39, 0.29) is 0 Å². The van der Waals surface area contributed by atoms with Gasteiger partial charge in [-0.1, -0.05) is 6.92 Å². The maximum Gasteiger partial charge on any atom is 0.0814 e. The van der Waals surface area contributed by atoms with Crippen molar-refractivity contribution in [1.29, 1.82) is 0 Å². The maximum absolute atomic E-state index is 5.14. The Morgan fingerprint density at radius 1 is 1.44 bits per heavy atom. The van der Waals surface area contributed by atoms with E-state index >= 15 is 0 Å². The van der Waals surface area contributed by atoms with Gasteiger partial charge in [-0.2, -0.15) is 0 Å². The topological polar surface area (TPSA) is 21.6 Å². The van der Waals surface area contributed by atoms with E-state index in [9.17, 15) is 0 Å². The lowest BCUT2D eigenvalue weighted by Crippen LogP contribution is -1.96. The highest BCUT2D eigenvalue weighted by atomic mass is 16.5. The van der Waals surface area contributed by atoms with Crippen LogP contribution in [0.4, 0.5) is 0 Å². The molecule has 2 nitrogen and oxygen atoms in total. The first-order valence-corrected chi connectivity index (χ1v) is 3.47. The number of aliphatic imine (C=N–C) groups is 1. The van der Waals surface area contributed by atoms with Crippen molar-refractivity contribution in [1.82, 2.24) is 0 Å². The third kappa shape index (κ3) is 7.63. The highest BCUT2D eigenvalue weighted by Crippen LogP contribution is 1.77. The van der Waals surface area contributed by atoms with Crippen LogP contribution >= 0.6 is 0 Å². The molecule has 0 saturated carbocycles. The summed E-state index contributed by atoms with van der Waals surface area (Å²) in [7, 11) is 0. The SMILES string of the molecule is CCCOCC=NCC. The van der Waals surface area contributed by atoms with Crippen molar-refractivity contribution in [2.75, 3.05) is 19.8 Å². The summed E-state index contributed by atoms with van der Waals surface area (Å²) < 4.78 is 5.14. The van der Waals surface area contributed by atoms with E-state index in [1.807, 2.05) is 13.1 Å². The van der Waals surface area contributed by atoms with Crippen LogP contribution < -0.4 is 0 Å². The average molecular weight is 129 g/mol. The molecule has 0 spiro atoms. The fraction of sp³-hybridized carbons (Fsp3) is 0.857. The van der Waals surface area contributed by atoms with Gasteiger partial charge in [-0.15, -0.1) is 0 Å². The smallest absolute Gasteiger partial charge is 0.0814 e. The minimum Gasteiger partial charge on any atom is -0.376 e. The summed E-state index contributed by atoms with van der Waals surface area (Å²) in [6.45, 7) is 6.47. The van der Waals surface area contributed by atoms with Gasteiger partial charge in [0.05, 0.1) is 6.61 Å². The Morgan fingerprint density at radius 2 is 2.22 bits per heavy atom. The van der Waals surface area contributed by atoms with Crippen molar-refractivity contribution in [2.24, 2.45) is 4.99 Å². The van der Waals surface area contributed by atoms with Crippen LogP contribution in [0.3, 0.4) is 0 Å². The van der Waals surface area contributed by atoms with Crippen LogP contribution in [0.15, 0.2) is 4.99 Å². The number of ether oxygens (including phenoxy) is 1. The summed E-state index contributed by atoms with van der Waals surface area (Å²) >= 11 is 0. The molecule has 0 aromatic heterocycles. The molecule has 0 atom stereocenters. The largest absolute Gasteiger partial charge is 0.376 e. The van der Waals surface area contributed by atoms with Gasteiger partial charge in [0.2, 0.25) is 0 Å². The molecule has 0 aliphatic heterocycles. The Hall–Kier alpha value is -0.370. The maximum atomic E-state index is 5.14. The molecule has 0 aliphatic rings. The first-order chi connectivity index (χ1) is 4.41. The Bertz CT molecular complexity index is 71.3. The van der Waals surface area contributed by atoms with Crippen LogP contribution in [-0.4, -0.2) is 26.0 Å². The minimum absolute atomic E-state index is 0.668. The van der Waals surface area contributed by atoms with Crippen molar-refractivity contribution in [3.8, 4) is 0 Å². The van der Waals surface area contributed by atoms with Gasteiger partial charge in [-0.05, 0) is 13.3 Å². The first kappa shape index (κ1) is 8.63. The number of hydrogen-bond acceptors (Lipinski definition) is 2. The molecule has 0 amide bonds. The second-order valence-electron chi connectivity index (χ2n) is 1.76. The molecule has 0 fully saturated rings. The predicted octanol–water partition coefficient (Wildman–Crippen LogP) is 1.50. The second kappa shape index (κ2) is 7.63. The second-order valence-corrected chi connectivity index (χ2v) is 1.76. The highest BCUT2D eigenvalue weighted by Gasteiger charge is 1.77. The molecule has 0 aliphatic carbocycles. The fourth-order valence-corrected chi connectivity index (χ4v) is 0.462. The molecule has 0 bridgehead atoms. The van der Waals surface area contributed by atoms with E-state index in [4.69, 9.17) is 4.74 Å². The monoisotopic (exact) mass is 129 g/mol. The summed E-state index contributed by atoms with van der Waals surface area (Å²) in [6, 6.07) is 0. The van der Waals surface area contributed by atoms with Crippen LogP contribution in [-0.2, 0) is 4.74 Å². The molecule has 0 saturated heterocycles. The van der Waals surface area contributed by atoms with Crippen molar-refractivity contribution >= 4 is 6.21 Å². The molecule has 0 radical (unpaired) electrons. The standard InChI is InChI=1S/C7H15NO/c1-3-6-9-7-5-8-4-2/h5H,3-4,6-7H2,1-2H3. The van der Waals surface area contributed by atoms with E-state index in [1.54, 1.807) is 0 Å². The minimum atomic E-state index is 0.668. The lowest BCUT2D eigenvalue weighted by molar-refractivity contribution is 0.175. The molecule has 0 rings (SSSR count). The van der Waals surface area contributed by atoms with E-state index in [0.29, 0.717) is 6.61 Å². The van der Waals surface area contributed by atoms with Gasteiger partial charge in [0, 0.05) is 19.4 Å². The summed E-state index contributed by atoms with van der Waals surface area (Å²) in [5.74, 6) is 0. The van der Waals surface area contributed by atoms with Crippen LogP contribution in [0.25, 0.3) is 0 Å². The van der Waals surface area contributed by atoms with E-state index < -0.39 is 0 Å². The quantitative estimate of drug-likeness (QED) is 0.407. The summed E-state index contributed by atoms with van der Waals surface area (Å²) in [4.78, 5) is 3.99. The predicted molar refractivity (Wildman–Crippen MR) is 40.1 cm³/mol. The van der Waals surface area contributed by atoms with Crippen molar-refractivity contribution in [2.45, 2.75) is 20.3 Å². The molecule has 0 N–H and O–H groups in total. The van der Waals surface area contributed by atoms with E-state index in [0.717, 1.165) is 19.6 Å². The molecule has 9 heavy (non-hydrogen) atoms. The summed E-state index contributed by atoms with van der Waals surface area (Å²) in [5.41, 5.74) is 0.